The van der Waals surface area contributed by atoms with Gasteiger partial charge in [-0.3, -0.25) is 9.78 Å². The first kappa shape index (κ1) is 19.8. The van der Waals surface area contributed by atoms with Gasteiger partial charge in [0.2, 0.25) is 0 Å². The molecule has 0 bridgehead atoms. The Hall–Kier alpha value is -3.46. The minimum absolute atomic E-state index is 0.0690. The van der Waals surface area contributed by atoms with Gasteiger partial charge in [-0.2, -0.15) is 18.3 Å². The summed E-state index contributed by atoms with van der Waals surface area (Å²) in [5.41, 5.74) is -0.420. The number of nitrogens with zero attached hydrogens (tertiary/aromatic N) is 4. The van der Waals surface area contributed by atoms with Crippen LogP contribution in [0.3, 0.4) is 0 Å². The summed E-state index contributed by atoms with van der Waals surface area (Å²) >= 11 is 6.23. The molecule has 0 radical (unpaired) electrons. The molecular formula is C20H13ClF3N5O. The summed E-state index contributed by atoms with van der Waals surface area (Å²) in [6.45, 7) is 0.117. The maximum atomic E-state index is 13.7. The van der Waals surface area contributed by atoms with E-state index in [0.29, 0.717) is 15.6 Å². The molecule has 0 spiro atoms. The van der Waals surface area contributed by atoms with Crippen LogP contribution in [0.2, 0.25) is 5.02 Å². The normalized spacial score (nSPS) is 11.6. The summed E-state index contributed by atoms with van der Waals surface area (Å²) in [7, 11) is 0. The molecule has 30 heavy (non-hydrogen) atoms. The predicted octanol–water partition coefficient (Wildman–Crippen LogP) is 4.39. The van der Waals surface area contributed by atoms with Crippen molar-refractivity contribution in [1.29, 1.82) is 0 Å². The second kappa shape index (κ2) is 7.75. The molecule has 0 fully saturated rings. The molecule has 1 amide bonds. The highest BCUT2D eigenvalue weighted by molar-refractivity contribution is 6.36. The number of benzene rings is 1. The average molecular weight is 432 g/mol. The van der Waals surface area contributed by atoms with Crippen LogP contribution >= 0.6 is 11.6 Å². The van der Waals surface area contributed by atoms with E-state index in [1.165, 1.54) is 0 Å². The second-order valence-electron chi connectivity index (χ2n) is 6.33. The lowest BCUT2D eigenvalue weighted by molar-refractivity contribution is -0.142. The molecule has 152 valence electrons. The number of pyridine rings is 1. The first-order chi connectivity index (χ1) is 14.3. The molecule has 3 aromatic heterocycles. The van der Waals surface area contributed by atoms with Crippen LogP contribution in [-0.2, 0) is 12.7 Å². The van der Waals surface area contributed by atoms with Crippen LogP contribution in [0.1, 0.15) is 21.7 Å². The molecule has 3 heterocycles. The average Bonchev–Trinajstić information content (AvgIpc) is 3.08. The Balaban J connectivity index is 1.77. The number of amides is 1. The molecule has 0 aliphatic carbocycles. The number of hydrogen-bond acceptors (Lipinski definition) is 4. The van der Waals surface area contributed by atoms with Crippen LogP contribution in [0.15, 0.2) is 60.9 Å². The highest BCUT2D eigenvalue weighted by Gasteiger charge is 2.36. The lowest BCUT2D eigenvalue weighted by Crippen LogP contribution is -2.23. The lowest BCUT2D eigenvalue weighted by Gasteiger charge is -2.11. The minimum Gasteiger partial charge on any atom is -0.346 e. The van der Waals surface area contributed by atoms with Crippen molar-refractivity contribution in [3.63, 3.8) is 0 Å². The second-order valence-corrected chi connectivity index (χ2v) is 6.71. The van der Waals surface area contributed by atoms with Crippen molar-refractivity contribution < 1.29 is 18.0 Å². The molecule has 0 saturated carbocycles. The Morgan fingerprint density at radius 1 is 1.13 bits per heavy atom. The molecule has 0 aliphatic rings. The Bertz CT molecular complexity index is 1210. The summed E-state index contributed by atoms with van der Waals surface area (Å²) < 4.78 is 41.6. The monoisotopic (exact) mass is 431 g/mol. The van der Waals surface area contributed by atoms with E-state index in [0.717, 1.165) is 6.07 Å². The van der Waals surface area contributed by atoms with Crippen molar-refractivity contribution in [3.8, 4) is 11.3 Å². The fraction of sp³-hybridized carbons (Fsp3) is 0.100. The molecule has 6 nitrogen and oxygen atoms in total. The minimum atomic E-state index is -4.73. The van der Waals surface area contributed by atoms with Crippen LogP contribution in [0.25, 0.3) is 16.9 Å². The summed E-state index contributed by atoms with van der Waals surface area (Å²) in [5, 5.41) is 6.11. The molecule has 0 saturated heterocycles. The van der Waals surface area contributed by atoms with E-state index in [2.05, 4.69) is 20.4 Å². The number of fused-ring (bicyclic) bond motifs is 1. The first-order valence-electron chi connectivity index (χ1n) is 8.73. The summed E-state index contributed by atoms with van der Waals surface area (Å²) in [5.74, 6) is -0.719. The van der Waals surface area contributed by atoms with Gasteiger partial charge in [-0.15, -0.1) is 0 Å². The number of nitrogens with one attached hydrogen (secondary N) is 1. The van der Waals surface area contributed by atoms with E-state index < -0.39 is 17.8 Å². The van der Waals surface area contributed by atoms with Crippen LogP contribution in [0, 0.1) is 0 Å². The number of halogens is 4. The van der Waals surface area contributed by atoms with Gasteiger partial charge in [0, 0.05) is 24.5 Å². The van der Waals surface area contributed by atoms with Gasteiger partial charge in [0.1, 0.15) is 5.02 Å². The highest BCUT2D eigenvalue weighted by atomic mass is 35.5. The van der Waals surface area contributed by atoms with Gasteiger partial charge < -0.3 is 5.32 Å². The summed E-state index contributed by atoms with van der Waals surface area (Å²) in [4.78, 5) is 20.7. The SMILES string of the molecule is O=C(NCc1cccnc1)c1nn2c(C(F)(F)F)cc(-c3ccccc3)nc2c1Cl. The number of carbonyl (C=O) groups excluding carboxylic acids is 1. The van der Waals surface area contributed by atoms with Crippen LogP contribution < -0.4 is 5.32 Å². The Kier molecular flexibility index (Phi) is 5.13. The summed E-state index contributed by atoms with van der Waals surface area (Å²) in [6, 6.07) is 12.7. The molecule has 0 atom stereocenters. The lowest BCUT2D eigenvalue weighted by atomic mass is 10.1. The van der Waals surface area contributed by atoms with Crippen molar-refractivity contribution in [2.24, 2.45) is 0 Å². The topological polar surface area (TPSA) is 72.2 Å². The quantitative estimate of drug-likeness (QED) is 0.520. The Morgan fingerprint density at radius 3 is 2.57 bits per heavy atom. The fourth-order valence-electron chi connectivity index (χ4n) is 2.86. The molecule has 1 N–H and O–H groups in total. The third-order valence-electron chi connectivity index (χ3n) is 4.28. The summed E-state index contributed by atoms with van der Waals surface area (Å²) in [6.07, 6.45) is -1.59. The van der Waals surface area contributed by atoms with Crippen molar-refractivity contribution in [2.75, 3.05) is 0 Å². The Labute approximate surface area is 173 Å². The van der Waals surface area contributed by atoms with Crippen molar-refractivity contribution >= 4 is 23.2 Å². The maximum absolute atomic E-state index is 13.7. The number of aromatic nitrogens is 4. The smallest absolute Gasteiger partial charge is 0.346 e. The number of alkyl halides is 3. The largest absolute Gasteiger partial charge is 0.433 e. The zero-order valence-corrected chi connectivity index (χ0v) is 15.9. The van der Waals surface area contributed by atoms with Gasteiger partial charge in [-0.05, 0) is 17.7 Å². The van der Waals surface area contributed by atoms with Gasteiger partial charge in [0.25, 0.3) is 5.91 Å². The predicted molar refractivity (Wildman–Crippen MR) is 104 cm³/mol. The number of rotatable bonds is 4. The van der Waals surface area contributed by atoms with Gasteiger partial charge >= 0.3 is 6.18 Å². The third-order valence-corrected chi connectivity index (χ3v) is 4.63. The van der Waals surface area contributed by atoms with E-state index >= 15 is 0 Å². The van der Waals surface area contributed by atoms with E-state index in [-0.39, 0.29) is 28.6 Å². The third kappa shape index (κ3) is 3.84. The molecule has 4 rings (SSSR count). The maximum Gasteiger partial charge on any atom is 0.433 e. The van der Waals surface area contributed by atoms with Crippen molar-refractivity contribution in [2.45, 2.75) is 12.7 Å². The van der Waals surface area contributed by atoms with E-state index in [1.807, 2.05) is 0 Å². The zero-order valence-electron chi connectivity index (χ0n) is 15.2. The highest BCUT2D eigenvalue weighted by Crippen LogP contribution is 2.34. The molecule has 4 aromatic rings. The van der Waals surface area contributed by atoms with Gasteiger partial charge in [0.05, 0.1) is 5.69 Å². The van der Waals surface area contributed by atoms with Crippen LogP contribution in [-0.4, -0.2) is 25.5 Å². The van der Waals surface area contributed by atoms with Crippen molar-refractivity contribution in [3.05, 3.63) is 82.9 Å². The first-order valence-corrected chi connectivity index (χ1v) is 9.11. The molecule has 1 aromatic carbocycles. The molecule has 0 unspecified atom stereocenters. The number of carbonyl (C=O) groups is 1. The Morgan fingerprint density at radius 2 is 1.90 bits per heavy atom. The molecule has 10 heteroatoms. The van der Waals surface area contributed by atoms with Crippen LogP contribution in [0.5, 0.6) is 0 Å². The zero-order chi connectivity index (χ0) is 21.3. The van der Waals surface area contributed by atoms with Gasteiger partial charge in [0.15, 0.2) is 17.0 Å². The fourth-order valence-corrected chi connectivity index (χ4v) is 3.11. The van der Waals surface area contributed by atoms with E-state index in [4.69, 9.17) is 11.6 Å². The standard InChI is InChI=1S/C20H13ClF3N5O/c21-16-17(19(30)26-11-12-5-4-8-25-10-12)28-29-15(20(22,23)24)9-14(27-18(16)29)13-6-2-1-3-7-13/h1-10H,11H2,(H,26,30). The van der Waals surface area contributed by atoms with Gasteiger partial charge in [-0.1, -0.05) is 48.0 Å². The molecule has 0 aliphatic heterocycles. The van der Waals surface area contributed by atoms with E-state index in [9.17, 15) is 18.0 Å². The van der Waals surface area contributed by atoms with Gasteiger partial charge in [-0.25, -0.2) is 9.50 Å². The van der Waals surface area contributed by atoms with Crippen molar-refractivity contribution in [1.82, 2.24) is 24.9 Å². The number of hydrogen-bond donors (Lipinski definition) is 1. The van der Waals surface area contributed by atoms with Crippen LogP contribution in [0.4, 0.5) is 13.2 Å². The van der Waals surface area contributed by atoms with E-state index in [1.54, 1.807) is 54.9 Å². The molecular weight excluding hydrogens is 419 g/mol.